The minimum atomic E-state index is -0.0857. The molecule has 0 radical (unpaired) electrons. The Hall–Kier alpha value is -7.56. The number of allylic oxidation sites excluding steroid dienone is 2. The highest BCUT2D eigenvalue weighted by Crippen LogP contribution is 2.38. The zero-order valence-electron chi connectivity index (χ0n) is 37.0. The van der Waals surface area contributed by atoms with Gasteiger partial charge in [-0.15, -0.1) is 0 Å². The van der Waals surface area contributed by atoms with Crippen LogP contribution in [0.4, 0.5) is 29.0 Å². The molecule has 68 heavy (non-hydrogen) atoms. The monoisotopic (exact) mass is 925 g/mol. The molecule has 14 heteroatoms. The summed E-state index contributed by atoms with van der Waals surface area (Å²) in [4.78, 5) is 47.2. The second-order valence-electron chi connectivity index (χ2n) is 17.5. The summed E-state index contributed by atoms with van der Waals surface area (Å²) in [6, 6.07) is 31.0. The molecule has 4 aliphatic carbocycles. The fourth-order valence-electron chi connectivity index (χ4n) is 9.44. The van der Waals surface area contributed by atoms with E-state index in [0.29, 0.717) is 50.8 Å². The molecule has 4 aromatic carbocycles. The van der Waals surface area contributed by atoms with Crippen LogP contribution in [0.1, 0.15) is 113 Å². The van der Waals surface area contributed by atoms with Gasteiger partial charge in [0.05, 0.1) is 29.2 Å². The molecule has 4 atom stereocenters. The van der Waals surface area contributed by atoms with Crippen LogP contribution in [-0.2, 0) is 12.8 Å². The number of nitrogens with zero attached hydrogens (tertiary/aromatic N) is 5. The highest BCUT2D eigenvalue weighted by Gasteiger charge is 2.28. The minimum absolute atomic E-state index is 0. The summed E-state index contributed by atoms with van der Waals surface area (Å²) < 4.78 is 0. The van der Waals surface area contributed by atoms with Gasteiger partial charge >= 0.3 is 0 Å². The lowest BCUT2D eigenvalue weighted by molar-refractivity contribution is 0.0917. The molecular formula is C54H56ClN11O2. The SMILES string of the molecule is C.Nc1ccc(C(=O)N[C@H]2CCC[C@@H](Nc3ncc(Cl)c(C4=CCc5ccccc54)n3)C2)cc1.[C-]#[N+]c1cnc(N[C@@H]2CCC[C@H](NC(=O)c3ccc(N)cc3)C2)nc1C1=CCc2ccccc21. The average Bonchev–Trinajstić information content (AvgIpc) is 3.98. The van der Waals surface area contributed by atoms with Crippen LogP contribution in [0.5, 0.6) is 0 Å². The third kappa shape index (κ3) is 11.0. The summed E-state index contributed by atoms with van der Waals surface area (Å²) in [6.45, 7) is 7.58. The molecule has 2 aromatic heterocycles. The van der Waals surface area contributed by atoms with Crippen molar-refractivity contribution >= 4 is 63.5 Å². The van der Waals surface area contributed by atoms with E-state index in [-0.39, 0.29) is 43.4 Å². The number of hydrogen-bond donors (Lipinski definition) is 6. The molecule has 2 saturated carbocycles. The number of amides is 2. The van der Waals surface area contributed by atoms with E-state index < -0.39 is 0 Å². The van der Waals surface area contributed by atoms with Gasteiger partial charge in [0.15, 0.2) is 0 Å². The van der Waals surface area contributed by atoms with Gasteiger partial charge < -0.3 is 32.7 Å². The van der Waals surface area contributed by atoms with E-state index in [1.54, 1.807) is 60.9 Å². The Balaban J connectivity index is 0.000000181. The number of hydrogen-bond acceptors (Lipinski definition) is 10. The third-order valence-electron chi connectivity index (χ3n) is 12.8. The minimum Gasteiger partial charge on any atom is -0.399 e. The van der Waals surface area contributed by atoms with Crippen molar-refractivity contribution in [1.82, 2.24) is 30.6 Å². The topological polar surface area (TPSA) is 190 Å². The molecule has 0 bridgehead atoms. The van der Waals surface area contributed by atoms with E-state index >= 15 is 0 Å². The first kappa shape index (κ1) is 47.0. The fraction of sp³-hybridized carbons (Fsp3) is 0.278. The lowest BCUT2D eigenvalue weighted by atomic mass is 9.91. The van der Waals surface area contributed by atoms with Crippen molar-refractivity contribution in [2.24, 2.45) is 0 Å². The lowest BCUT2D eigenvalue weighted by Gasteiger charge is -2.30. The van der Waals surface area contributed by atoms with Crippen LogP contribution in [0, 0.1) is 6.57 Å². The Morgan fingerprint density at radius 1 is 0.603 bits per heavy atom. The molecular weight excluding hydrogens is 870 g/mol. The van der Waals surface area contributed by atoms with Crippen LogP contribution in [0.2, 0.25) is 5.02 Å². The van der Waals surface area contributed by atoms with Gasteiger partial charge in [0.1, 0.15) is 0 Å². The quantitative estimate of drug-likeness (QED) is 0.0570. The first-order chi connectivity index (χ1) is 32.7. The lowest BCUT2D eigenvalue weighted by Crippen LogP contribution is -2.42. The average molecular weight is 927 g/mol. The summed E-state index contributed by atoms with van der Waals surface area (Å²) in [5.41, 5.74) is 22.7. The van der Waals surface area contributed by atoms with Crippen LogP contribution in [0.25, 0.3) is 16.0 Å². The first-order valence-corrected chi connectivity index (χ1v) is 23.3. The summed E-state index contributed by atoms with van der Waals surface area (Å²) >= 11 is 6.49. The first-order valence-electron chi connectivity index (χ1n) is 22.9. The largest absolute Gasteiger partial charge is 0.399 e. The summed E-state index contributed by atoms with van der Waals surface area (Å²) in [5.74, 6) is 0.924. The normalized spacial score (nSPS) is 18.9. The predicted molar refractivity (Wildman–Crippen MR) is 272 cm³/mol. The van der Waals surface area contributed by atoms with Crippen molar-refractivity contribution in [3.05, 3.63) is 183 Å². The van der Waals surface area contributed by atoms with Crippen LogP contribution in [0.3, 0.4) is 0 Å². The number of aromatic nitrogens is 4. The number of anilines is 4. The van der Waals surface area contributed by atoms with E-state index in [1.807, 2.05) is 18.2 Å². The molecule has 2 heterocycles. The number of fused-ring (bicyclic) bond motifs is 2. The van der Waals surface area contributed by atoms with Crippen LogP contribution in [0.15, 0.2) is 122 Å². The maximum Gasteiger partial charge on any atom is 0.251 e. The number of nitrogens with one attached hydrogen (secondary N) is 4. The highest BCUT2D eigenvalue weighted by atomic mass is 35.5. The van der Waals surface area contributed by atoms with Crippen molar-refractivity contribution in [2.45, 2.75) is 95.8 Å². The van der Waals surface area contributed by atoms with Crippen molar-refractivity contribution in [2.75, 3.05) is 22.1 Å². The molecule has 4 aliphatic rings. The number of halogens is 1. The molecule has 346 valence electrons. The number of nitrogens with two attached hydrogens (primary N) is 2. The van der Waals surface area contributed by atoms with Crippen molar-refractivity contribution in [1.29, 1.82) is 0 Å². The molecule has 0 aliphatic heterocycles. The number of rotatable bonds is 10. The fourth-order valence-corrected chi connectivity index (χ4v) is 9.63. The zero-order chi connectivity index (χ0) is 46.3. The number of nitrogen functional groups attached to an aromatic ring is 2. The molecule has 0 saturated heterocycles. The number of carbonyl (C=O) groups excluding carboxylic acids is 2. The van der Waals surface area contributed by atoms with E-state index in [9.17, 15) is 9.59 Å². The van der Waals surface area contributed by atoms with Crippen LogP contribution < -0.4 is 32.7 Å². The van der Waals surface area contributed by atoms with E-state index in [4.69, 9.17) is 39.6 Å². The van der Waals surface area contributed by atoms with E-state index in [2.05, 4.69) is 78.6 Å². The molecule has 0 spiro atoms. The van der Waals surface area contributed by atoms with Gasteiger partial charge in [-0.2, -0.15) is 0 Å². The van der Waals surface area contributed by atoms with Gasteiger partial charge in [-0.3, -0.25) is 9.59 Å². The Kier molecular flexibility index (Phi) is 14.8. The van der Waals surface area contributed by atoms with Gasteiger partial charge in [-0.05, 0) is 141 Å². The summed E-state index contributed by atoms with van der Waals surface area (Å²) in [6.07, 6.45) is 16.8. The number of carbonyl (C=O) groups is 2. The van der Waals surface area contributed by atoms with Crippen molar-refractivity contribution in [3.8, 4) is 0 Å². The van der Waals surface area contributed by atoms with E-state index in [0.717, 1.165) is 86.6 Å². The third-order valence-corrected chi connectivity index (χ3v) is 13.1. The Labute approximate surface area is 402 Å². The Morgan fingerprint density at radius 3 is 1.54 bits per heavy atom. The molecule has 2 amide bonds. The molecule has 10 rings (SSSR count). The Morgan fingerprint density at radius 2 is 1.04 bits per heavy atom. The molecule has 13 nitrogen and oxygen atoms in total. The standard InChI is InChI=1S/C27H26N6O.C26H26ClN5O.CH4/c1-29-24-16-30-27(33-25(24)23-14-11-17-5-2-3-8-22(17)23)32-21-7-4-6-20(15-21)31-26(34)18-9-12-19(28)13-10-18;27-23-15-29-26(32-24(23)22-13-10-16-4-1-2-7-21(16)22)31-20-6-3-5-19(14-20)30-25(33)17-8-11-18(28)12-9-17;/h2-3,5,8-10,12-14,16,20-21H,4,6-7,11,15,28H2,(H,31,34)(H,30,32,33);1-2,4,7-9,11-13,15,19-20H,3,5-6,10,14,28H2,(H,30,33)(H,29,31,32);1H4/t20-,21+;19-,20+;/m00./s1. The molecule has 2 fully saturated rings. The maximum atomic E-state index is 12.6. The number of benzene rings is 4. The second kappa shape index (κ2) is 21.4. The van der Waals surface area contributed by atoms with Crippen molar-refractivity contribution in [3.63, 3.8) is 0 Å². The van der Waals surface area contributed by atoms with Gasteiger partial charge in [-0.1, -0.05) is 79.7 Å². The highest BCUT2D eigenvalue weighted by molar-refractivity contribution is 6.32. The van der Waals surface area contributed by atoms with Gasteiger partial charge in [0.25, 0.3) is 11.8 Å². The maximum absolute atomic E-state index is 12.6. The zero-order valence-corrected chi connectivity index (χ0v) is 37.8. The van der Waals surface area contributed by atoms with Crippen LogP contribution in [-0.4, -0.2) is 55.9 Å². The van der Waals surface area contributed by atoms with Gasteiger partial charge in [-0.25, -0.2) is 24.8 Å². The van der Waals surface area contributed by atoms with Crippen molar-refractivity contribution < 1.29 is 9.59 Å². The molecule has 6 aromatic rings. The van der Waals surface area contributed by atoms with Gasteiger partial charge in [0, 0.05) is 58.4 Å². The van der Waals surface area contributed by atoms with Crippen LogP contribution >= 0.6 is 11.6 Å². The molecule has 8 N–H and O–H groups in total. The predicted octanol–water partition coefficient (Wildman–Crippen LogP) is 10.2. The summed E-state index contributed by atoms with van der Waals surface area (Å²) in [5, 5.41) is 13.8. The van der Waals surface area contributed by atoms with Gasteiger partial charge in [0.2, 0.25) is 17.6 Å². The smallest absolute Gasteiger partial charge is 0.251 e. The molecule has 0 unspecified atom stereocenters. The Bertz CT molecular complexity index is 2890. The van der Waals surface area contributed by atoms with E-state index in [1.165, 1.54) is 16.7 Å². The summed E-state index contributed by atoms with van der Waals surface area (Å²) in [7, 11) is 0. The second-order valence-corrected chi connectivity index (χ2v) is 17.9.